The lowest BCUT2D eigenvalue weighted by Crippen LogP contribution is -2.15. The van der Waals surface area contributed by atoms with E-state index in [2.05, 4.69) is 12.2 Å². The quantitative estimate of drug-likeness (QED) is 0.772. The Kier molecular flexibility index (Phi) is 5.55. The van der Waals surface area contributed by atoms with Crippen molar-refractivity contribution in [2.75, 3.05) is 5.32 Å². The van der Waals surface area contributed by atoms with Crippen molar-refractivity contribution in [3.63, 3.8) is 0 Å². The number of aromatic carboxylic acids is 1. The van der Waals surface area contributed by atoms with Crippen LogP contribution in [0.15, 0.2) is 12.1 Å². The highest BCUT2D eigenvalue weighted by atomic mass is 16.4. The largest absolute Gasteiger partial charge is 0.478 e. The van der Waals surface area contributed by atoms with Gasteiger partial charge in [0.2, 0.25) is 5.91 Å². The van der Waals surface area contributed by atoms with E-state index in [1.165, 1.54) is 0 Å². The summed E-state index contributed by atoms with van der Waals surface area (Å²) in [5, 5.41) is 11.9. The smallest absolute Gasteiger partial charge is 0.337 e. The normalized spacial score (nSPS) is 10.3. The van der Waals surface area contributed by atoms with Crippen LogP contribution in [0.1, 0.15) is 54.1 Å². The molecule has 104 valence electrons. The summed E-state index contributed by atoms with van der Waals surface area (Å²) in [7, 11) is 0. The van der Waals surface area contributed by atoms with Gasteiger partial charge in [0.05, 0.1) is 11.3 Å². The summed E-state index contributed by atoms with van der Waals surface area (Å²) in [6, 6.07) is 3.45. The second kappa shape index (κ2) is 6.92. The number of rotatable bonds is 6. The van der Waals surface area contributed by atoms with E-state index < -0.39 is 5.97 Å². The van der Waals surface area contributed by atoms with Gasteiger partial charge in [-0.1, -0.05) is 25.8 Å². The van der Waals surface area contributed by atoms with E-state index in [0.717, 1.165) is 30.4 Å². The minimum Gasteiger partial charge on any atom is -0.478 e. The molecular weight excluding hydrogens is 242 g/mol. The molecule has 0 aliphatic carbocycles. The minimum absolute atomic E-state index is 0.122. The maximum atomic E-state index is 11.8. The van der Waals surface area contributed by atoms with Gasteiger partial charge in [-0.15, -0.1) is 0 Å². The first kappa shape index (κ1) is 15.2. The summed E-state index contributed by atoms with van der Waals surface area (Å²) >= 11 is 0. The molecule has 0 fully saturated rings. The Morgan fingerprint density at radius 3 is 2.47 bits per heavy atom. The number of nitrogens with one attached hydrogen (secondary N) is 1. The first-order valence-electron chi connectivity index (χ1n) is 6.60. The standard InChI is InChI=1S/C15H21NO3/c1-4-5-6-7-13(17)16-14-11(3)8-10(2)9-12(14)15(18)19/h8-9H,4-7H2,1-3H3,(H,16,17)(H,18,19). The Morgan fingerprint density at radius 1 is 1.21 bits per heavy atom. The molecule has 0 saturated carbocycles. The molecule has 0 heterocycles. The summed E-state index contributed by atoms with van der Waals surface area (Å²) in [4.78, 5) is 23.0. The average molecular weight is 263 g/mol. The molecule has 0 bridgehead atoms. The zero-order chi connectivity index (χ0) is 14.4. The highest BCUT2D eigenvalue weighted by Crippen LogP contribution is 2.23. The lowest BCUT2D eigenvalue weighted by molar-refractivity contribution is -0.116. The lowest BCUT2D eigenvalue weighted by atomic mass is 10.0. The van der Waals surface area contributed by atoms with Crippen LogP contribution in [0.3, 0.4) is 0 Å². The molecule has 0 atom stereocenters. The molecule has 0 aliphatic rings. The Hall–Kier alpha value is -1.84. The highest BCUT2D eigenvalue weighted by Gasteiger charge is 2.15. The number of hydrogen-bond donors (Lipinski definition) is 2. The minimum atomic E-state index is -1.02. The third-order valence-electron chi connectivity index (χ3n) is 2.98. The van der Waals surface area contributed by atoms with Crippen LogP contribution >= 0.6 is 0 Å². The molecular formula is C15H21NO3. The maximum absolute atomic E-state index is 11.8. The monoisotopic (exact) mass is 263 g/mol. The molecule has 1 rings (SSSR count). The molecule has 0 spiro atoms. The first-order valence-corrected chi connectivity index (χ1v) is 6.60. The Labute approximate surface area is 113 Å². The summed E-state index contributed by atoms with van der Waals surface area (Å²) in [5.74, 6) is -1.14. The van der Waals surface area contributed by atoms with E-state index >= 15 is 0 Å². The zero-order valence-corrected chi connectivity index (χ0v) is 11.7. The predicted molar refractivity (Wildman–Crippen MR) is 75.6 cm³/mol. The van der Waals surface area contributed by atoms with Crippen molar-refractivity contribution >= 4 is 17.6 Å². The number of aryl methyl sites for hydroxylation is 2. The fourth-order valence-electron chi connectivity index (χ4n) is 2.04. The second-order valence-corrected chi connectivity index (χ2v) is 4.81. The van der Waals surface area contributed by atoms with Crippen LogP contribution in [0.4, 0.5) is 5.69 Å². The molecule has 0 unspecified atom stereocenters. The van der Waals surface area contributed by atoms with E-state index in [9.17, 15) is 14.7 Å². The number of carbonyl (C=O) groups excluding carboxylic acids is 1. The van der Waals surface area contributed by atoms with Crippen molar-refractivity contribution in [2.24, 2.45) is 0 Å². The first-order chi connectivity index (χ1) is 8.95. The number of carbonyl (C=O) groups is 2. The summed E-state index contributed by atoms with van der Waals surface area (Å²) in [6.45, 7) is 5.72. The van der Waals surface area contributed by atoms with Gasteiger partial charge >= 0.3 is 5.97 Å². The van der Waals surface area contributed by atoms with Gasteiger partial charge in [-0.2, -0.15) is 0 Å². The molecule has 19 heavy (non-hydrogen) atoms. The van der Waals surface area contributed by atoms with Crippen LogP contribution in [0.2, 0.25) is 0 Å². The molecule has 4 heteroatoms. The topological polar surface area (TPSA) is 66.4 Å². The zero-order valence-electron chi connectivity index (χ0n) is 11.7. The number of unbranched alkanes of at least 4 members (excludes halogenated alkanes) is 2. The van der Waals surface area contributed by atoms with Crippen LogP contribution in [0.25, 0.3) is 0 Å². The van der Waals surface area contributed by atoms with Crippen molar-refractivity contribution in [1.29, 1.82) is 0 Å². The predicted octanol–water partition coefficient (Wildman–Crippen LogP) is 3.52. The number of hydrogen-bond acceptors (Lipinski definition) is 2. The molecule has 1 aromatic rings. The van der Waals surface area contributed by atoms with Crippen molar-refractivity contribution in [1.82, 2.24) is 0 Å². The average Bonchev–Trinajstić information content (AvgIpc) is 2.32. The van der Waals surface area contributed by atoms with Crippen molar-refractivity contribution in [2.45, 2.75) is 46.5 Å². The van der Waals surface area contributed by atoms with Crippen LogP contribution < -0.4 is 5.32 Å². The van der Waals surface area contributed by atoms with Gasteiger partial charge in [-0.05, 0) is 37.5 Å². The maximum Gasteiger partial charge on any atom is 0.337 e. The fourth-order valence-corrected chi connectivity index (χ4v) is 2.04. The van der Waals surface area contributed by atoms with Gasteiger partial charge in [-0.3, -0.25) is 4.79 Å². The number of carboxylic acid groups (broad SMARTS) is 1. The second-order valence-electron chi connectivity index (χ2n) is 4.81. The number of carboxylic acids is 1. The Morgan fingerprint density at radius 2 is 1.89 bits per heavy atom. The summed E-state index contributed by atoms with van der Waals surface area (Å²) in [6.07, 6.45) is 3.32. The highest BCUT2D eigenvalue weighted by molar-refractivity contribution is 6.01. The number of anilines is 1. The molecule has 1 amide bonds. The number of amides is 1. The van der Waals surface area contributed by atoms with Crippen LogP contribution in [-0.2, 0) is 4.79 Å². The SMILES string of the molecule is CCCCCC(=O)Nc1c(C)cc(C)cc1C(=O)O. The molecule has 2 N–H and O–H groups in total. The van der Waals surface area contributed by atoms with Gasteiger partial charge in [-0.25, -0.2) is 4.79 Å². The van der Waals surface area contributed by atoms with Gasteiger partial charge < -0.3 is 10.4 Å². The number of benzene rings is 1. The van der Waals surface area contributed by atoms with Gasteiger partial charge in [0, 0.05) is 6.42 Å². The van der Waals surface area contributed by atoms with E-state index in [1.807, 2.05) is 13.0 Å². The van der Waals surface area contributed by atoms with Gasteiger partial charge in [0.15, 0.2) is 0 Å². The lowest BCUT2D eigenvalue weighted by Gasteiger charge is -2.12. The van der Waals surface area contributed by atoms with Gasteiger partial charge in [0.25, 0.3) is 0 Å². The Bertz CT molecular complexity index is 481. The Balaban J connectivity index is 2.88. The van der Waals surface area contributed by atoms with Crippen LogP contribution in [0.5, 0.6) is 0 Å². The molecule has 0 saturated heterocycles. The molecule has 0 aromatic heterocycles. The van der Waals surface area contributed by atoms with E-state index in [0.29, 0.717) is 12.1 Å². The van der Waals surface area contributed by atoms with Crippen molar-refractivity contribution < 1.29 is 14.7 Å². The molecule has 4 nitrogen and oxygen atoms in total. The third kappa shape index (κ3) is 4.39. The van der Waals surface area contributed by atoms with Crippen LogP contribution in [0, 0.1) is 13.8 Å². The van der Waals surface area contributed by atoms with Gasteiger partial charge in [0.1, 0.15) is 0 Å². The van der Waals surface area contributed by atoms with Crippen molar-refractivity contribution in [3.8, 4) is 0 Å². The third-order valence-corrected chi connectivity index (χ3v) is 2.98. The van der Waals surface area contributed by atoms with E-state index in [-0.39, 0.29) is 11.5 Å². The van der Waals surface area contributed by atoms with Crippen LogP contribution in [-0.4, -0.2) is 17.0 Å². The molecule has 0 aliphatic heterocycles. The fraction of sp³-hybridized carbons (Fsp3) is 0.467. The van der Waals surface area contributed by atoms with E-state index in [1.54, 1.807) is 13.0 Å². The van der Waals surface area contributed by atoms with Crippen molar-refractivity contribution in [3.05, 3.63) is 28.8 Å². The molecule has 1 aromatic carbocycles. The summed E-state index contributed by atoms with van der Waals surface area (Å²) < 4.78 is 0. The summed E-state index contributed by atoms with van der Waals surface area (Å²) in [5.41, 5.74) is 2.22. The molecule has 0 radical (unpaired) electrons. The van der Waals surface area contributed by atoms with E-state index in [4.69, 9.17) is 0 Å².